The highest BCUT2D eigenvalue weighted by Gasteiger charge is 2.42. The van der Waals surface area contributed by atoms with Gasteiger partial charge in [0.05, 0.1) is 5.41 Å². The maximum absolute atomic E-state index is 12.9. The molecule has 1 aromatic rings. The van der Waals surface area contributed by atoms with Crippen LogP contribution >= 0.6 is 24.0 Å². The monoisotopic (exact) mass is 397 g/mol. The maximum atomic E-state index is 12.9. The summed E-state index contributed by atoms with van der Waals surface area (Å²) in [5.41, 5.74) is 0.510. The summed E-state index contributed by atoms with van der Waals surface area (Å²) < 4.78 is 0. The molecule has 3 nitrogen and oxygen atoms in total. The van der Waals surface area contributed by atoms with Gasteiger partial charge >= 0.3 is 0 Å². The molecule has 1 atom stereocenters. The fourth-order valence-corrected chi connectivity index (χ4v) is 4.70. The number of carbonyl (C=O) groups is 1. The smallest absolute Gasteiger partial charge is 0.143 e. The Labute approximate surface area is 167 Å². The normalized spacial score (nSPS) is 23.5. The van der Waals surface area contributed by atoms with E-state index in [0.29, 0.717) is 12.5 Å². The number of likely N-dealkylation sites (tertiary alicyclic amines) is 1. The number of allylic oxidation sites excluding steroid dienone is 1. The van der Waals surface area contributed by atoms with Crippen LogP contribution in [0.3, 0.4) is 0 Å². The van der Waals surface area contributed by atoms with Crippen LogP contribution in [0.4, 0.5) is 0 Å². The molecule has 1 saturated heterocycles. The van der Waals surface area contributed by atoms with Crippen LogP contribution in [0.15, 0.2) is 35.4 Å². The molecular weight excluding hydrogens is 369 g/mol. The predicted octanol–water partition coefficient (Wildman–Crippen LogP) is 5.19. The first kappa shape index (κ1) is 21.3. The SMILES string of the molecule is CCC(=O)C1(c2cccc(O)c2)CCN(C2C=C(Cl)CCCC2)CC1.Cl. The molecule has 0 spiro atoms. The van der Waals surface area contributed by atoms with Crippen molar-refractivity contribution in [2.45, 2.75) is 63.3 Å². The number of hydrogen-bond donors (Lipinski definition) is 1. The van der Waals surface area contributed by atoms with Crippen molar-refractivity contribution < 1.29 is 9.90 Å². The van der Waals surface area contributed by atoms with Gasteiger partial charge in [-0.1, -0.05) is 43.2 Å². The highest BCUT2D eigenvalue weighted by atomic mass is 35.5. The summed E-state index contributed by atoms with van der Waals surface area (Å²) >= 11 is 6.33. The number of carbonyl (C=O) groups excluding carboxylic acids is 1. The highest BCUT2D eigenvalue weighted by Crippen LogP contribution is 2.40. The zero-order valence-electron chi connectivity index (χ0n) is 15.4. The Morgan fingerprint density at radius 2 is 2.04 bits per heavy atom. The molecule has 1 fully saturated rings. The lowest BCUT2D eigenvalue weighted by Gasteiger charge is -2.43. The van der Waals surface area contributed by atoms with E-state index in [9.17, 15) is 9.90 Å². The lowest BCUT2D eigenvalue weighted by Crippen LogP contribution is -2.49. The van der Waals surface area contributed by atoms with Crippen LogP contribution in [-0.2, 0) is 10.2 Å². The molecule has 3 rings (SSSR count). The highest BCUT2D eigenvalue weighted by molar-refractivity contribution is 6.29. The first-order valence-corrected chi connectivity index (χ1v) is 9.86. The van der Waals surface area contributed by atoms with Gasteiger partial charge in [0.2, 0.25) is 0 Å². The summed E-state index contributed by atoms with van der Waals surface area (Å²) in [6, 6.07) is 7.67. The Bertz CT molecular complexity index is 651. The van der Waals surface area contributed by atoms with Crippen molar-refractivity contribution in [3.63, 3.8) is 0 Å². The molecule has 1 aromatic carbocycles. The van der Waals surface area contributed by atoms with Crippen LogP contribution in [0.1, 0.15) is 57.4 Å². The van der Waals surface area contributed by atoms with Crippen LogP contribution in [0.5, 0.6) is 5.75 Å². The number of piperidine rings is 1. The molecule has 5 heteroatoms. The standard InChI is InChI=1S/C21H28ClNO2.ClH/c1-2-20(25)21(16-6-5-9-19(24)14-16)10-12-23(13-11-21)18-8-4-3-7-17(22)15-18;/h5-6,9,14-15,18,24H,2-4,7-8,10-13H2,1H3;1H. The van der Waals surface area contributed by atoms with Crippen molar-refractivity contribution in [2.24, 2.45) is 0 Å². The number of rotatable bonds is 4. The topological polar surface area (TPSA) is 40.5 Å². The zero-order valence-corrected chi connectivity index (χ0v) is 17.0. The van der Waals surface area contributed by atoms with Gasteiger partial charge in [-0.25, -0.2) is 0 Å². The van der Waals surface area contributed by atoms with E-state index < -0.39 is 5.41 Å². The summed E-state index contributed by atoms with van der Waals surface area (Å²) in [6.45, 7) is 3.73. The number of halogens is 2. The van der Waals surface area contributed by atoms with Gasteiger partial charge in [-0.3, -0.25) is 9.69 Å². The molecule has 0 amide bonds. The Hall–Kier alpha value is -1.03. The minimum atomic E-state index is -0.456. The Balaban J connectivity index is 0.00000243. The van der Waals surface area contributed by atoms with Crippen LogP contribution in [-0.4, -0.2) is 34.9 Å². The van der Waals surface area contributed by atoms with Crippen molar-refractivity contribution in [2.75, 3.05) is 13.1 Å². The second kappa shape index (κ2) is 9.25. The third-order valence-electron chi connectivity index (χ3n) is 5.91. The number of phenolic OH excluding ortho intramolecular Hbond substituents is 1. The van der Waals surface area contributed by atoms with Crippen LogP contribution in [0.2, 0.25) is 0 Å². The van der Waals surface area contributed by atoms with E-state index >= 15 is 0 Å². The number of benzene rings is 1. The van der Waals surface area contributed by atoms with Crippen LogP contribution < -0.4 is 0 Å². The largest absolute Gasteiger partial charge is 0.508 e. The van der Waals surface area contributed by atoms with Gasteiger partial charge < -0.3 is 5.11 Å². The van der Waals surface area contributed by atoms with Gasteiger partial charge in [-0.05, 0) is 49.8 Å². The van der Waals surface area contributed by atoms with Crippen molar-refractivity contribution in [1.29, 1.82) is 0 Å². The van der Waals surface area contributed by atoms with Crippen molar-refractivity contribution in [1.82, 2.24) is 4.90 Å². The molecule has 1 aliphatic heterocycles. The second-order valence-corrected chi connectivity index (χ2v) is 7.86. The molecule has 1 aliphatic carbocycles. The molecule has 1 N–H and O–H groups in total. The molecule has 26 heavy (non-hydrogen) atoms. The summed E-state index contributed by atoms with van der Waals surface area (Å²) in [5, 5.41) is 10.9. The average Bonchev–Trinajstić information content (AvgIpc) is 2.85. The number of aromatic hydroxyl groups is 1. The summed E-state index contributed by atoms with van der Waals surface area (Å²) in [4.78, 5) is 15.3. The lowest BCUT2D eigenvalue weighted by atomic mass is 9.68. The summed E-state index contributed by atoms with van der Waals surface area (Å²) in [7, 11) is 0. The maximum Gasteiger partial charge on any atom is 0.143 e. The number of nitrogens with zero attached hydrogens (tertiary/aromatic N) is 1. The quantitative estimate of drug-likeness (QED) is 0.759. The van der Waals surface area contributed by atoms with Crippen molar-refractivity contribution in [3.8, 4) is 5.75 Å². The molecule has 144 valence electrons. The number of hydrogen-bond acceptors (Lipinski definition) is 3. The van der Waals surface area contributed by atoms with Gasteiger partial charge in [0.15, 0.2) is 0 Å². The fourth-order valence-electron chi connectivity index (χ4n) is 4.42. The van der Waals surface area contributed by atoms with E-state index in [2.05, 4.69) is 11.0 Å². The van der Waals surface area contributed by atoms with Gasteiger partial charge in [-0.15, -0.1) is 12.4 Å². The zero-order chi connectivity index (χ0) is 17.9. The summed E-state index contributed by atoms with van der Waals surface area (Å²) in [6.07, 6.45) is 8.89. The molecule has 0 saturated carbocycles. The molecule has 0 aromatic heterocycles. The van der Waals surface area contributed by atoms with Gasteiger partial charge in [0, 0.05) is 30.6 Å². The summed E-state index contributed by atoms with van der Waals surface area (Å²) in [5.74, 6) is 0.522. The van der Waals surface area contributed by atoms with Crippen molar-refractivity contribution in [3.05, 3.63) is 40.9 Å². The Morgan fingerprint density at radius 3 is 2.69 bits per heavy atom. The molecule has 0 bridgehead atoms. The Kier molecular flexibility index (Phi) is 7.57. The molecular formula is C21H29Cl2NO2. The van der Waals surface area contributed by atoms with E-state index in [0.717, 1.165) is 49.4 Å². The molecule has 1 unspecified atom stereocenters. The fraction of sp³-hybridized carbons (Fsp3) is 0.571. The Morgan fingerprint density at radius 1 is 1.31 bits per heavy atom. The third kappa shape index (κ3) is 4.44. The van der Waals surface area contributed by atoms with Crippen LogP contribution in [0.25, 0.3) is 0 Å². The number of phenols is 1. The van der Waals surface area contributed by atoms with E-state index in [1.54, 1.807) is 12.1 Å². The molecule has 1 heterocycles. The van der Waals surface area contributed by atoms with E-state index in [4.69, 9.17) is 11.6 Å². The predicted molar refractivity (Wildman–Crippen MR) is 109 cm³/mol. The molecule has 2 aliphatic rings. The van der Waals surface area contributed by atoms with Gasteiger partial charge in [0.1, 0.15) is 11.5 Å². The van der Waals surface area contributed by atoms with E-state index in [1.165, 1.54) is 12.8 Å². The van der Waals surface area contributed by atoms with Gasteiger partial charge in [0.25, 0.3) is 0 Å². The van der Waals surface area contributed by atoms with E-state index in [-0.39, 0.29) is 23.9 Å². The van der Waals surface area contributed by atoms with Crippen LogP contribution in [0, 0.1) is 0 Å². The van der Waals surface area contributed by atoms with E-state index in [1.807, 2.05) is 19.1 Å². The van der Waals surface area contributed by atoms with Gasteiger partial charge in [-0.2, -0.15) is 0 Å². The first-order valence-electron chi connectivity index (χ1n) is 9.48. The molecule has 0 radical (unpaired) electrons. The minimum Gasteiger partial charge on any atom is -0.508 e. The van der Waals surface area contributed by atoms with Crippen molar-refractivity contribution >= 4 is 29.8 Å². The third-order valence-corrected chi connectivity index (χ3v) is 6.23. The first-order chi connectivity index (χ1) is 12.0. The number of ketones is 1. The lowest BCUT2D eigenvalue weighted by molar-refractivity contribution is -0.126. The average molecular weight is 398 g/mol. The second-order valence-electron chi connectivity index (χ2n) is 7.37. The minimum absolute atomic E-state index is 0. The number of Topliss-reactive ketones (excluding diaryl/α,β-unsaturated/α-hetero) is 1.